The number of carbonyl (C=O) groups excluding carboxylic acids is 1. The minimum atomic E-state index is -0.121. The van der Waals surface area contributed by atoms with Gasteiger partial charge in [0, 0.05) is 19.6 Å². The van der Waals surface area contributed by atoms with Crippen LogP contribution in [-0.2, 0) is 14.3 Å². The Bertz CT molecular complexity index is 207. The third-order valence-electron chi connectivity index (χ3n) is 2.98. The topological polar surface area (TPSA) is 38.8 Å². The molecule has 2 rings (SSSR count). The van der Waals surface area contributed by atoms with Crippen molar-refractivity contribution < 1.29 is 14.3 Å². The largest absolute Gasteiger partial charge is 0.469 e. The van der Waals surface area contributed by atoms with Gasteiger partial charge in [-0.1, -0.05) is 0 Å². The molecule has 80 valence electrons. The Morgan fingerprint density at radius 2 is 2.07 bits per heavy atom. The van der Waals surface area contributed by atoms with E-state index in [1.165, 1.54) is 20.0 Å². The SMILES string of the molecule is COC(=O)CCN1CC2CCC(C1)O2. The number of rotatable bonds is 3. The van der Waals surface area contributed by atoms with Crippen LogP contribution in [0.25, 0.3) is 0 Å². The average molecular weight is 199 g/mol. The molecular formula is C10H17NO3. The van der Waals surface area contributed by atoms with Gasteiger partial charge in [-0.3, -0.25) is 9.69 Å². The Balaban J connectivity index is 1.74. The van der Waals surface area contributed by atoms with Gasteiger partial charge in [0.15, 0.2) is 0 Å². The van der Waals surface area contributed by atoms with Crippen molar-refractivity contribution in [2.75, 3.05) is 26.7 Å². The highest BCUT2D eigenvalue weighted by Gasteiger charge is 2.33. The maximum atomic E-state index is 11.0. The maximum Gasteiger partial charge on any atom is 0.306 e. The zero-order valence-corrected chi connectivity index (χ0v) is 8.57. The van der Waals surface area contributed by atoms with Crippen LogP contribution < -0.4 is 0 Å². The normalized spacial score (nSPS) is 31.8. The van der Waals surface area contributed by atoms with Crippen LogP contribution in [0.2, 0.25) is 0 Å². The Morgan fingerprint density at radius 3 is 2.64 bits per heavy atom. The quantitative estimate of drug-likeness (QED) is 0.617. The summed E-state index contributed by atoms with van der Waals surface area (Å²) in [5, 5.41) is 0. The number of methoxy groups -OCH3 is 1. The summed E-state index contributed by atoms with van der Waals surface area (Å²) in [7, 11) is 1.44. The summed E-state index contributed by atoms with van der Waals surface area (Å²) in [6, 6.07) is 0. The number of morpholine rings is 1. The number of carbonyl (C=O) groups is 1. The molecule has 2 atom stereocenters. The van der Waals surface area contributed by atoms with Gasteiger partial charge < -0.3 is 9.47 Å². The minimum absolute atomic E-state index is 0.121. The number of fused-ring (bicyclic) bond motifs is 2. The molecule has 4 nitrogen and oxygen atoms in total. The molecule has 2 aliphatic rings. The molecule has 2 aliphatic heterocycles. The summed E-state index contributed by atoms with van der Waals surface area (Å²) >= 11 is 0. The Hall–Kier alpha value is -0.610. The lowest BCUT2D eigenvalue weighted by molar-refractivity contribution is -0.141. The second-order valence-electron chi connectivity index (χ2n) is 4.04. The lowest BCUT2D eigenvalue weighted by Gasteiger charge is -2.31. The zero-order chi connectivity index (χ0) is 9.97. The van der Waals surface area contributed by atoms with Gasteiger partial charge in [-0.2, -0.15) is 0 Å². The molecule has 2 unspecified atom stereocenters. The van der Waals surface area contributed by atoms with E-state index < -0.39 is 0 Å². The molecule has 0 aromatic heterocycles. The van der Waals surface area contributed by atoms with Gasteiger partial charge >= 0.3 is 5.97 Å². The van der Waals surface area contributed by atoms with Crippen LogP contribution in [0.15, 0.2) is 0 Å². The first-order valence-electron chi connectivity index (χ1n) is 5.22. The minimum Gasteiger partial charge on any atom is -0.469 e. The molecule has 2 bridgehead atoms. The Morgan fingerprint density at radius 1 is 1.43 bits per heavy atom. The second kappa shape index (κ2) is 4.28. The predicted molar refractivity (Wildman–Crippen MR) is 51.0 cm³/mol. The number of ether oxygens (including phenoxy) is 2. The fourth-order valence-corrected chi connectivity index (χ4v) is 2.23. The lowest BCUT2D eigenvalue weighted by atomic mass is 10.2. The number of likely N-dealkylation sites (tertiary alicyclic amines) is 1. The van der Waals surface area contributed by atoms with Gasteiger partial charge in [0.25, 0.3) is 0 Å². The highest BCUT2D eigenvalue weighted by Crippen LogP contribution is 2.26. The van der Waals surface area contributed by atoms with Crippen molar-refractivity contribution in [2.45, 2.75) is 31.5 Å². The van der Waals surface area contributed by atoms with Gasteiger partial charge in [0.2, 0.25) is 0 Å². The number of nitrogens with zero attached hydrogens (tertiary/aromatic N) is 1. The molecule has 0 spiro atoms. The second-order valence-corrected chi connectivity index (χ2v) is 4.04. The van der Waals surface area contributed by atoms with Crippen LogP contribution in [-0.4, -0.2) is 49.8 Å². The van der Waals surface area contributed by atoms with Crippen molar-refractivity contribution in [1.29, 1.82) is 0 Å². The maximum absolute atomic E-state index is 11.0. The number of hydrogen-bond donors (Lipinski definition) is 0. The average Bonchev–Trinajstić information content (AvgIpc) is 2.54. The number of esters is 1. The molecule has 0 aromatic rings. The standard InChI is InChI=1S/C10H17NO3/c1-13-10(12)4-5-11-6-8-2-3-9(7-11)14-8/h8-9H,2-7H2,1H3. The molecule has 0 amide bonds. The third kappa shape index (κ3) is 2.25. The van der Waals surface area contributed by atoms with Crippen LogP contribution >= 0.6 is 0 Å². The lowest BCUT2D eigenvalue weighted by Crippen LogP contribution is -2.43. The summed E-state index contributed by atoms with van der Waals surface area (Å²) in [6.07, 6.45) is 3.67. The molecule has 0 aliphatic carbocycles. The van der Waals surface area contributed by atoms with Crippen LogP contribution in [0.3, 0.4) is 0 Å². The van der Waals surface area contributed by atoms with E-state index >= 15 is 0 Å². The smallest absolute Gasteiger partial charge is 0.306 e. The van der Waals surface area contributed by atoms with Crippen molar-refractivity contribution >= 4 is 5.97 Å². The zero-order valence-electron chi connectivity index (χ0n) is 8.57. The molecule has 2 saturated heterocycles. The van der Waals surface area contributed by atoms with E-state index in [1.54, 1.807) is 0 Å². The van der Waals surface area contributed by atoms with Crippen LogP contribution in [0, 0.1) is 0 Å². The van der Waals surface area contributed by atoms with Crippen molar-refractivity contribution in [3.8, 4) is 0 Å². The molecule has 0 N–H and O–H groups in total. The first-order valence-corrected chi connectivity index (χ1v) is 5.22. The summed E-state index contributed by atoms with van der Waals surface area (Å²) < 4.78 is 10.3. The first kappa shape index (κ1) is 9.93. The van der Waals surface area contributed by atoms with E-state index in [0.717, 1.165) is 19.6 Å². The molecule has 2 fully saturated rings. The molecule has 0 radical (unpaired) electrons. The number of hydrogen-bond acceptors (Lipinski definition) is 4. The van der Waals surface area contributed by atoms with Crippen molar-refractivity contribution in [1.82, 2.24) is 4.90 Å². The summed E-state index contributed by atoms with van der Waals surface area (Å²) in [4.78, 5) is 13.3. The molecule has 0 aromatic carbocycles. The molecular weight excluding hydrogens is 182 g/mol. The van der Waals surface area contributed by atoms with Gasteiger partial charge in [0.05, 0.1) is 25.7 Å². The summed E-state index contributed by atoms with van der Waals surface area (Å²) in [6.45, 7) is 2.77. The third-order valence-corrected chi connectivity index (χ3v) is 2.98. The van der Waals surface area contributed by atoms with Gasteiger partial charge in [-0.15, -0.1) is 0 Å². The van der Waals surface area contributed by atoms with Crippen LogP contribution in [0.4, 0.5) is 0 Å². The highest BCUT2D eigenvalue weighted by atomic mass is 16.5. The molecule has 2 heterocycles. The van der Waals surface area contributed by atoms with Gasteiger partial charge in [0.1, 0.15) is 0 Å². The molecule has 0 saturated carbocycles. The van der Waals surface area contributed by atoms with Crippen molar-refractivity contribution in [3.05, 3.63) is 0 Å². The summed E-state index contributed by atoms with van der Waals surface area (Å²) in [5.41, 5.74) is 0. The fraction of sp³-hybridized carbons (Fsp3) is 0.900. The fourth-order valence-electron chi connectivity index (χ4n) is 2.23. The van der Waals surface area contributed by atoms with Crippen molar-refractivity contribution in [2.24, 2.45) is 0 Å². The molecule has 4 heteroatoms. The van der Waals surface area contributed by atoms with E-state index in [2.05, 4.69) is 9.64 Å². The first-order chi connectivity index (χ1) is 6.78. The van der Waals surface area contributed by atoms with Crippen LogP contribution in [0.1, 0.15) is 19.3 Å². The van der Waals surface area contributed by atoms with E-state index in [9.17, 15) is 4.79 Å². The Kier molecular flexibility index (Phi) is 3.03. The Labute approximate surface area is 84.2 Å². The molecule has 14 heavy (non-hydrogen) atoms. The monoisotopic (exact) mass is 199 g/mol. The highest BCUT2D eigenvalue weighted by molar-refractivity contribution is 5.69. The van der Waals surface area contributed by atoms with Gasteiger partial charge in [-0.25, -0.2) is 0 Å². The van der Waals surface area contributed by atoms with E-state index in [-0.39, 0.29) is 5.97 Å². The van der Waals surface area contributed by atoms with Crippen LogP contribution in [0.5, 0.6) is 0 Å². The van der Waals surface area contributed by atoms with Gasteiger partial charge in [-0.05, 0) is 12.8 Å². The predicted octanol–water partition coefficient (Wildman–Crippen LogP) is 0.413. The van der Waals surface area contributed by atoms with Crippen molar-refractivity contribution in [3.63, 3.8) is 0 Å². The van der Waals surface area contributed by atoms with E-state index in [1.807, 2.05) is 0 Å². The van der Waals surface area contributed by atoms with E-state index in [0.29, 0.717) is 18.6 Å². The summed E-state index contributed by atoms with van der Waals surface area (Å²) in [5.74, 6) is -0.121. The van der Waals surface area contributed by atoms with E-state index in [4.69, 9.17) is 4.74 Å².